The zero-order chi connectivity index (χ0) is 19.3. The van der Waals surface area contributed by atoms with Crippen LogP contribution in [0.15, 0.2) is 29.0 Å². The average molecular weight is 371 g/mol. The van der Waals surface area contributed by atoms with Crippen molar-refractivity contribution in [3.8, 4) is 11.4 Å². The normalized spacial score (nSPS) is 17.6. The van der Waals surface area contributed by atoms with Gasteiger partial charge in [0.05, 0.1) is 0 Å². The van der Waals surface area contributed by atoms with Gasteiger partial charge in [-0.3, -0.25) is 9.78 Å². The molecule has 1 aliphatic rings. The first-order valence-corrected chi connectivity index (χ1v) is 9.76. The van der Waals surface area contributed by atoms with Crippen molar-refractivity contribution in [1.82, 2.24) is 20.4 Å². The summed E-state index contributed by atoms with van der Waals surface area (Å²) in [5.41, 5.74) is 6.74. The number of hydrogen-bond donors (Lipinski definition) is 2. The summed E-state index contributed by atoms with van der Waals surface area (Å²) in [5, 5.41) is 7.14. The Balaban J connectivity index is 1.71. The van der Waals surface area contributed by atoms with Gasteiger partial charge in [-0.15, -0.1) is 0 Å². The van der Waals surface area contributed by atoms with Crippen molar-refractivity contribution in [3.05, 3.63) is 30.4 Å². The van der Waals surface area contributed by atoms with E-state index in [1.807, 2.05) is 26.0 Å². The van der Waals surface area contributed by atoms with Gasteiger partial charge in [-0.05, 0) is 42.9 Å². The number of aromatic nitrogens is 3. The van der Waals surface area contributed by atoms with E-state index in [1.54, 1.807) is 12.4 Å². The van der Waals surface area contributed by atoms with Crippen LogP contribution in [-0.4, -0.2) is 27.6 Å². The second kappa shape index (κ2) is 8.61. The zero-order valence-electron chi connectivity index (χ0n) is 16.1. The molecule has 1 fully saturated rings. The maximum absolute atomic E-state index is 12.8. The van der Waals surface area contributed by atoms with Crippen molar-refractivity contribution in [2.24, 2.45) is 17.1 Å². The zero-order valence-corrected chi connectivity index (χ0v) is 16.1. The van der Waals surface area contributed by atoms with Crippen LogP contribution >= 0.6 is 0 Å². The number of nitrogens with zero attached hydrogens (tertiary/aromatic N) is 3. The minimum absolute atomic E-state index is 0.00202. The topological polar surface area (TPSA) is 107 Å². The lowest BCUT2D eigenvalue weighted by Crippen LogP contribution is -2.40. The summed E-state index contributed by atoms with van der Waals surface area (Å²) in [6.45, 7) is 4.61. The molecule has 2 aromatic heterocycles. The van der Waals surface area contributed by atoms with Crippen LogP contribution in [0.25, 0.3) is 11.4 Å². The van der Waals surface area contributed by atoms with Gasteiger partial charge < -0.3 is 15.6 Å². The highest BCUT2D eigenvalue weighted by Crippen LogP contribution is 2.38. The van der Waals surface area contributed by atoms with E-state index < -0.39 is 0 Å². The molecule has 1 aliphatic carbocycles. The summed E-state index contributed by atoms with van der Waals surface area (Å²) in [5.74, 6) is 1.02. The number of nitrogens with one attached hydrogen (secondary N) is 1. The van der Waals surface area contributed by atoms with Crippen LogP contribution in [0.3, 0.4) is 0 Å². The fourth-order valence-corrected chi connectivity index (χ4v) is 3.81. The summed E-state index contributed by atoms with van der Waals surface area (Å²) in [6, 6.07) is 3.37. The van der Waals surface area contributed by atoms with Crippen molar-refractivity contribution in [1.29, 1.82) is 0 Å². The Bertz CT molecular complexity index is 738. The molecule has 0 spiro atoms. The van der Waals surface area contributed by atoms with Gasteiger partial charge >= 0.3 is 0 Å². The van der Waals surface area contributed by atoms with Gasteiger partial charge in [0.2, 0.25) is 17.6 Å². The molecule has 146 valence electrons. The fourth-order valence-electron chi connectivity index (χ4n) is 3.81. The van der Waals surface area contributed by atoms with Crippen LogP contribution in [0, 0.1) is 11.3 Å². The van der Waals surface area contributed by atoms with Gasteiger partial charge in [-0.25, -0.2) is 0 Å². The lowest BCUT2D eigenvalue weighted by molar-refractivity contribution is -0.125. The first kappa shape index (κ1) is 19.5. The average Bonchev–Trinajstić information content (AvgIpc) is 3.17. The maximum atomic E-state index is 12.8. The molecule has 7 heteroatoms. The Morgan fingerprint density at radius 1 is 1.33 bits per heavy atom. The highest BCUT2D eigenvalue weighted by Gasteiger charge is 2.34. The molecule has 1 saturated carbocycles. The third-order valence-corrected chi connectivity index (χ3v) is 5.49. The van der Waals surface area contributed by atoms with Crippen LogP contribution in [0.2, 0.25) is 0 Å². The number of rotatable bonds is 7. The molecule has 0 aliphatic heterocycles. The lowest BCUT2D eigenvalue weighted by atomic mass is 9.71. The number of carbonyl (C=O) groups is 1. The quantitative estimate of drug-likeness (QED) is 0.774. The molecule has 1 amide bonds. The first-order valence-electron chi connectivity index (χ1n) is 9.76. The van der Waals surface area contributed by atoms with E-state index in [1.165, 1.54) is 6.42 Å². The minimum Gasteiger partial charge on any atom is -0.344 e. The molecule has 0 aromatic carbocycles. The summed E-state index contributed by atoms with van der Waals surface area (Å²) >= 11 is 0. The molecule has 1 unspecified atom stereocenters. The monoisotopic (exact) mass is 371 g/mol. The summed E-state index contributed by atoms with van der Waals surface area (Å²) in [7, 11) is 0. The molecule has 0 bridgehead atoms. The molecule has 0 radical (unpaired) electrons. The van der Waals surface area contributed by atoms with Gasteiger partial charge in [0.1, 0.15) is 6.04 Å². The summed E-state index contributed by atoms with van der Waals surface area (Å²) in [6.07, 6.45) is 9.41. The van der Waals surface area contributed by atoms with Crippen molar-refractivity contribution in [3.63, 3.8) is 0 Å². The Hall–Kier alpha value is -2.28. The van der Waals surface area contributed by atoms with E-state index in [0.29, 0.717) is 24.7 Å². The van der Waals surface area contributed by atoms with E-state index in [2.05, 4.69) is 20.4 Å². The van der Waals surface area contributed by atoms with E-state index in [0.717, 1.165) is 31.2 Å². The third kappa shape index (κ3) is 4.71. The van der Waals surface area contributed by atoms with E-state index in [-0.39, 0.29) is 23.3 Å². The standard InChI is InChI=1S/C20H29N5O2/c1-14(2)17(19-24-18(25-27-19)15-7-6-10-22-12-15)23-16(26)11-20(13-21)8-4-3-5-9-20/h6-7,10,12,14,17H,3-5,8-9,11,13,21H2,1-2H3,(H,23,26). The predicted molar refractivity (Wildman–Crippen MR) is 102 cm³/mol. The Labute approximate surface area is 160 Å². The second-order valence-corrected chi connectivity index (χ2v) is 7.93. The van der Waals surface area contributed by atoms with E-state index in [4.69, 9.17) is 10.3 Å². The molecule has 2 heterocycles. The molecule has 1 atom stereocenters. The van der Waals surface area contributed by atoms with Crippen LogP contribution in [0.5, 0.6) is 0 Å². The third-order valence-electron chi connectivity index (χ3n) is 5.49. The van der Waals surface area contributed by atoms with Gasteiger partial charge in [0.25, 0.3) is 0 Å². The Morgan fingerprint density at radius 2 is 2.11 bits per heavy atom. The van der Waals surface area contributed by atoms with Gasteiger partial charge in [-0.2, -0.15) is 4.98 Å². The molecule has 0 saturated heterocycles. The van der Waals surface area contributed by atoms with Crippen LogP contribution < -0.4 is 11.1 Å². The summed E-state index contributed by atoms with van der Waals surface area (Å²) < 4.78 is 5.46. The molecule has 7 nitrogen and oxygen atoms in total. The highest BCUT2D eigenvalue weighted by atomic mass is 16.5. The van der Waals surface area contributed by atoms with Crippen molar-refractivity contribution in [2.45, 2.75) is 58.4 Å². The number of hydrogen-bond acceptors (Lipinski definition) is 6. The minimum atomic E-state index is -0.325. The largest absolute Gasteiger partial charge is 0.344 e. The SMILES string of the molecule is CC(C)C(NC(=O)CC1(CN)CCCCC1)c1nc(-c2cccnc2)no1. The smallest absolute Gasteiger partial charge is 0.249 e. The Kier molecular flexibility index (Phi) is 6.21. The number of amides is 1. The van der Waals surface area contributed by atoms with E-state index in [9.17, 15) is 4.79 Å². The maximum Gasteiger partial charge on any atom is 0.249 e. The molecular weight excluding hydrogens is 342 g/mol. The highest BCUT2D eigenvalue weighted by molar-refractivity contribution is 5.77. The van der Waals surface area contributed by atoms with Crippen LogP contribution in [0.1, 0.15) is 64.3 Å². The van der Waals surface area contributed by atoms with Gasteiger partial charge in [0.15, 0.2) is 0 Å². The number of pyridine rings is 1. The van der Waals surface area contributed by atoms with Crippen molar-refractivity contribution >= 4 is 5.91 Å². The summed E-state index contributed by atoms with van der Waals surface area (Å²) in [4.78, 5) is 21.3. The van der Waals surface area contributed by atoms with Crippen molar-refractivity contribution in [2.75, 3.05) is 6.54 Å². The molecule has 27 heavy (non-hydrogen) atoms. The van der Waals surface area contributed by atoms with E-state index >= 15 is 0 Å². The molecular formula is C20H29N5O2. The predicted octanol–water partition coefficient (Wildman–Crippen LogP) is 3.24. The van der Waals surface area contributed by atoms with Crippen LogP contribution in [-0.2, 0) is 4.79 Å². The lowest BCUT2D eigenvalue weighted by Gasteiger charge is -2.36. The van der Waals surface area contributed by atoms with Crippen LogP contribution in [0.4, 0.5) is 0 Å². The molecule has 3 rings (SSSR count). The Morgan fingerprint density at radius 3 is 2.74 bits per heavy atom. The molecule has 2 aromatic rings. The molecule has 3 N–H and O–H groups in total. The fraction of sp³-hybridized carbons (Fsp3) is 0.600. The van der Waals surface area contributed by atoms with Crippen molar-refractivity contribution < 1.29 is 9.32 Å². The number of carbonyl (C=O) groups excluding carboxylic acids is 1. The van der Waals surface area contributed by atoms with Gasteiger partial charge in [-0.1, -0.05) is 38.3 Å². The second-order valence-electron chi connectivity index (χ2n) is 7.93. The first-order chi connectivity index (χ1) is 13.0. The number of nitrogens with two attached hydrogens (primary N) is 1. The van der Waals surface area contributed by atoms with Gasteiger partial charge in [0, 0.05) is 24.4 Å².